The number of thiophene rings is 1. The summed E-state index contributed by atoms with van der Waals surface area (Å²) in [6, 6.07) is 18.6. The minimum atomic E-state index is -0.678. The Labute approximate surface area is 168 Å². The van der Waals surface area contributed by atoms with Gasteiger partial charge in [0.15, 0.2) is 6.61 Å². The van der Waals surface area contributed by atoms with Crippen molar-refractivity contribution in [2.45, 2.75) is 0 Å². The van der Waals surface area contributed by atoms with E-state index in [2.05, 4.69) is 21.2 Å². The van der Waals surface area contributed by atoms with Crippen LogP contribution in [-0.4, -0.2) is 24.3 Å². The molecule has 0 saturated carbocycles. The van der Waals surface area contributed by atoms with Crippen molar-refractivity contribution in [3.05, 3.63) is 86.5 Å². The molecule has 0 spiro atoms. The average molecular weight is 444 g/mol. The summed E-state index contributed by atoms with van der Waals surface area (Å²) in [7, 11) is 0. The van der Waals surface area contributed by atoms with Crippen LogP contribution in [0.1, 0.15) is 30.4 Å². The van der Waals surface area contributed by atoms with Crippen LogP contribution < -0.4 is 5.32 Å². The third-order valence-electron chi connectivity index (χ3n) is 3.61. The van der Waals surface area contributed by atoms with Crippen LogP contribution in [0.3, 0.4) is 0 Å². The number of hydrogen-bond donors (Lipinski definition) is 1. The van der Waals surface area contributed by atoms with Crippen molar-refractivity contribution in [1.29, 1.82) is 0 Å². The number of ketones is 1. The zero-order valence-corrected chi connectivity index (χ0v) is 16.4. The maximum atomic E-state index is 12.4. The van der Waals surface area contributed by atoms with E-state index in [1.165, 1.54) is 17.4 Å². The van der Waals surface area contributed by atoms with E-state index in [4.69, 9.17) is 4.74 Å². The van der Waals surface area contributed by atoms with Gasteiger partial charge < -0.3 is 10.1 Å². The first-order valence-electron chi connectivity index (χ1n) is 7.95. The highest BCUT2D eigenvalue weighted by Gasteiger charge is 2.17. The number of anilines is 1. The third-order valence-corrected chi connectivity index (χ3v) is 5.28. The molecule has 1 heterocycles. The Bertz CT molecular complexity index is 984. The second kappa shape index (κ2) is 8.75. The minimum Gasteiger partial charge on any atom is -0.454 e. The number of hydrogen-bond acceptors (Lipinski definition) is 5. The van der Waals surface area contributed by atoms with E-state index < -0.39 is 5.97 Å². The molecule has 0 aliphatic carbocycles. The Hall–Kier alpha value is -2.77. The molecule has 0 radical (unpaired) electrons. The van der Waals surface area contributed by atoms with E-state index in [1.54, 1.807) is 54.6 Å². The normalized spacial score (nSPS) is 10.3. The van der Waals surface area contributed by atoms with E-state index in [1.807, 2.05) is 6.07 Å². The van der Waals surface area contributed by atoms with Crippen molar-refractivity contribution < 1.29 is 19.1 Å². The molecule has 0 saturated heterocycles. The van der Waals surface area contributed by atoms with Gasteiger partial charge in [-0.05, 0) is 52.3 Å². The average Bonchev–Trinajstić information content (AvgIpc) is 3.13. The van der Waals surface area contributed by atoms with Gasteiger partial charge in [0, 0.05) is 5.56 Å². The molecule has 1 N–H and O–H groups in total. The van der Waals surface area contributed by atoms with Crippen LogP contribution in [0.25, 0.3) is 0 Å². The van der Waals surface area contributed by atoms with E-state index >= 15 is 0 Å². The first-order chi connectivity index (χ1) is 13.0. The molecule has 1 aromatic heterocycles. The fourth-order valence-electron chi connectivity index (χ4n) is 2.30. The standard InChI is InChI=1S/C20H14BrNO4S/c21-18-11-10-17(27-18)16(23)12-26-20(25)14-8-4-5-9-15(14)22-19(24)13-6-2-1-3-7-13/h1-11H,12H2,(H,22,24). The fourth-order valence-corrected chi connectivity index (χ4v) is 3.61. The quantitative estimate of drug-likeness (QED) is 0.438. The van der Waals surface area contributed by atoms with Crippen LogP contribution >= 0.6 is 27.3 Å². The maximum Gasteiger partial charge on any atom is 0.340 e. The number of ether oxygens (including phenoxy) is 1. The van der Waals surface area contributed by atoms with Crippen LogP contribution in [0.4, 0.5) is 5.69 Å². The van der Waals surface area contributed by atoms with Gasteiger partial charge in [0.1, 0.15) is 0 Å². The maximum absolute atomic E-state index is 12.4. The predicted octanol–water partition coefficient (Wildman–Crippen LogP) is 4.80. The zero-order chi connectivity index (χ0) is 19.2. The van der Waals surface area contributed by atoms with Crippen molar-refractivity contribution in [2.24, 2.45) is 0 Å². The van der Waals surface area contributed by atoms with Gasteiger partial charge in [-0.2, -0.15) is 0 Å². The minimum absolute atomic E-state index is 0.182. The number of carbonyl (C=O) groups excluding carboxylic acids is 3. The van der Waals surface area contributed by atoms with Crippen LogP contribution in [0.5, 0.6) is 0 Å². The molecule has 0 unspecified atom stereocenters. The Kier molecular flexibility index (Phi) is 6.16. The number of rotatable bonds is 6. The topological polar surface area (TPSA) is 72.5 Å². The summed E-state index contributed by atoms with van der Waals surface area (Å²) < 4.78 is 5.96. The second-order valence-corrected chi connectivity index (χ2v) is 7.93. The zero-order valence-electron chi connectivity index (χ0n) is 14.0. The van der Waals surface area contributed by atoms with E-state index in [-0.39, 0.29) is 23.9 Å². The highest BCUT2D eigenvalue weighted by atomic mass is 79.9. The molecule has 1 amide bonds. The number of carbonyl (C=O) groups is 3. The largest absolute Gasteiger partial charge is 0.454 e. The molecule has 2 aromatic carbocycles. The summed E-state index contributed by atoms with van der Waals surface area (Å²) in [4.78, 5) is 37.3. The Morgan fingerprint density at radius 1 is 0.926 bits per heavy atom. The van der Waals surface area contributed by atoms with E-state index in [0.717, 1.165) is 3.79 Å². The lowest BCUT2D eigenvalue weighted by Crippen LogP contribution is -2.17. The molecule has 0 bridgehead atoms. The van der Waals surface area contributed by atoms with Gasteiger partial charge >= 0.3 is 5.97 Å². The molecule has 5 nitrogen and oxygen atoms in total. The molecule has 0 aliphatic rings. The van der Waals surface area contributed by atoms with Gasteiger partial charge in [-0.25, -0.2) is 4.79 Å². The van der Waals surface area contributed by atoms with Crippen LogP contribution in [0.2, 0.25) is 0 Å². The first-order valence-corrected chi connectivity index (χ1v) is 9.56. The van der Waals surface area contributed by atoms with Crippen LogP contribution in [0, 0.1) is 0 Å². The van der Waals surface area contributed by atoms with Crippen molar-refractivity contribution >= 4 is 50.6 Å². The molecule has 27 heavy (non-hydrogen) atoms. The summed E-state index contributed by atoms with van der Waals surface area (Å²) in [6.45, 7) is -0.368. The summed E-state index contributed by atoms with van der Waals surface area (Å²) in [5, 5.41) is 2.70. The fraction of sp³-hybridized carbons (Fsp3) is 0.0500. The number of para-hydroxylation sites is 1. The van der Waals surface area contributed by atoms with Crippen LogP contribution in [-0.2, 0) is 4.74 Å². The molecular formula is C20H14BrNO4S. The van der Waals surface area contributed by atoms with Crippen molar-refractivity contribution in [2.75, 3.05) is 11.9 Å². The molecular weight excluding hydrogens is 430 g/mol. The second-order valence-electron chi connectivity index (χ2n) is 5.47. The number of esters is 1. The molecule has 3 aromatic rings. The van der Waals surface area contributed by atoms with Crippen molar-refractivity contribution in [1.82, 2.24) is 0 Å². The number of amides is 1. The van der Waals surface area contributed by atoms with Crippen molar-refractivity contribution in [3.63, 3.8) is 0 Å². The van der Waals surface area contributed by atoms with Gasteiger partial charge in [-0.15, -0.1) is 11.3 Å². The highest BCUT2D eigenvalue weighted by molar-refractivity contribution is 9.11. The van der Waals surface area contributed by atoms with E-state index in [0.29, 0.717) is 16.1 Å². The van der Waals surface area contributed by atoms with Gasteiger partial charge in [-0.1, -0.05) is 30.3 Å². The molecule has 136 valence electrons. The molecule has 3 rings (SSSR count). The smallest absolute Gasteiger partial charge is 0.340 e. The van der Waals surface area contributed by atoms with E-state index in [9.17, 15) is 14.4 Å². The predicted molar refractivity (Wildman–Crippen MR) is 107 cm³/mol. The van der Waals surface area contributed by atoms with Gasteiger partial charge in [-0.3, -0.25) is 9.59 Å². The lowest BCUT2D eigenvalue weighted by molar-refractivity contribution is 0.0477. The summed E-state index contributed by atoms with van der Waals surface area (Å²) in [5.74, 6) is -1.30. The highest BCUT2D eigenvalue weighted by Crippen LogP contribution is 2.23. The lowest BCUT2D eigenvalue weighted by atomic mass is 10.1. The first kappa shape index (κ1) is 19.0. The van der Waals surface area contributed by atoms with Crippen LogP contribution in [0.15, 0.2) is 70.5 Å². The summed E-state index contributed by atoms with van der Waals surface area (Å²) in [6.07, 6.45) is 0. The number of benzene rings is 2. The van der Waals surface area contributed by atoms with Gasteiger partial charge in [0.2, 0.25) is 5.78 Å². The van der Waals surface area contributed by atoms with Gasteiger partial charge in [0.05, 0.1) is 19.9 Å². The van der Waals surface area contributed by atoms with Gasteiger partial charge in [0.25, 0.3) is 5.91 Å². The van der Waals surface area contributed by atoms with Crippen molar-refractivity contribution in [3.8, 4) is 0 Å². The summed E-state index contributed by atoms with van der Waals surface area (Å²) >= 11 is 4.56. The Morgan fingerprint density at radius 3 is 2.33 bits per heavy atom. The SMILES string of the molecule is O=C(Nc1ccccc1C(=O)OCC(=O)c1ccc(Br)s1)c1ccccc1. The summed E-state index contributed by atoms with van der Waals surface area (Å²) in [5.41, 5.74) is 0.976. The lowest BCUT2D eigenvalue weighted by Gasteiger charge is -2.10. The molecule has 0 fully saturated rings. The number of halogens is 1. The Balaban J connectivity index is 1.68. The molecule has 7 heteroatoms. The number of nitrogens with one attached hydrogen (secondary N) is 1. The molecule has 0 atom stereocenters. The number of Topliss-reactive ketones (excluding diaryl/α,β-unsaturated/α-hetero) is 1. The molecule has 0 aliphatic heterocycles. The Morgan fingerprint density at radius 2 is 1.63 bits per heavy atom. The monoisotopic (exact) mass is 443 g/mol. The third kappa shape index (κ3) is 4.90.